The van der Waals surface area contributed by atoms with Crippen molar-refractivity contribution in [3.8, 4) is 11.1 Å². The summed E-state index contributed by atoms with van der Waals surface area (Å²) < 4.78 is 5.47. The molecule has 8 heteroatoms. The molecule has 2 amide bonds. The highest BCUT2D eigenvalue weighted by atomic mass is 32.2. The number of aliphatic carboxylic acids is 1. The Bertz CT molecular complexity index is 1040. The van der Waals surface area contributed by atoms with Crippen LogP contribution >= 0.6 is 11.8 Å². The van der Waals surface area contributed by atoms with Gasteiger partial charge in [0.15, 0.2) is 0 Å². The van der Waals surface area contributed by atoms with Gasteiger partial charge < -0.3 is 20.1 Å². The highest BCUT2D eigenvalue weighted by molar-refractivity contribution is 7.99. The van der Waals surface area contributed by atoms with Crippen molar-refractivity contribution in [2.24, 2.45) is 0 Å². The van der Waals surface area contributed by atoms with Crippen LogP contribution in [-0.2, 0) is 14.3 Å². The summed E-state index contributed by atoms with van der Waals surface area (Å²) in [6.45, 7) is 1.95. The maximum absolute atomic E-state index is 12.5. The van der Waals surface area contributed by atoms with Gasteiger partial charge in [-0.05, 0) is 29.2 Å². The number of amides is 2. The smallest absolute Gasteiger partial charge is 0.407 e. The fourth-order valence-corrected chi connectivity index (χ4v) is 5.24. The lowest BCUT2D eigenvalue weighted by atomic mass is 9.98. The molecule has 166 valence electrons. The number of hydrogen-bond acceptors (Lipinski definition) is 5. The van der Waals surface area contributed by atoms with E-state index in [1.165, 1.54) is 16.7 Å². The number of rotatable bonds is 6. The fraction of sp³-hybridized carbons (Fsp3) is 0.292. The molecule has 7 nitrogen and oxygen atoms in total. The van der Waals surface area contributed by atoms with Crippen molar-refractivity contribution in [1.29, 1.82) is 0 Å². The van der Waals surface area contributed by atoms with Crippen molar-refractivity contribution in [2.45, 2.75) is 18.9 Å². The van der Waals surface area contributed by atoms with E-state index in [9.17, 15) is 19.5 Å². The standard InChI is InChI=1S/C24H24N2O5S/c1-15(22(27)26-14-32-13-21(26)23(28)29)10-11-25-24(30)31-12-20-18-8-4-2-6-16(18)17-7-3-5-9-19(17)20/h2-10,20-21H,11-14H2,1H3,(H,25,30)(H,28,29)/b15-10+/t21-/m0/s1. The molecule has 1 aliphatic heterocycles. The van der Waals surface area contributed by atoms with E-state index in [0.29, 0.717) is 17.2 Å². The van der Waals surface area contributed by atoms with Gasteiger partial charge in [-0.25, -0.2) is 9.59 Å². The molecule has 1 aliphatic carbocycles. The number of carboxylic acids is 1. The summed E-state index contributed by atoms with van der Waals surface area (Å²) in [4.78, 5) is 37.4. The van der Waals surface area contributed by atoms with Gasteiger partial charge in [0.1, 0.15) is 12.6 Å². The summed E-state index contributed by atoms with van der Waals surface area (Å²) in [6, 6.07) is 15.4. The quantitative estimate of drug-likeness (QED) is 0.652. The lowest BCUT2D eigenvalue weighted by Crippen LogP contribution is -2.42. The molecule has 0 spiro atoms. The van der Waals surface area contributed by atoms with E-state index in [1.54, 1.807) is 13.0 Å². The Balaban J connectivity index is 1.31. The second-order valence-corrected chi connectivity index (χ2v) is 8.72. The van der Waals surface area contributed by atoms with Crippen LogP contribution in [0.15, 0.2) is 60.2 Å². The maximum Gasteiger partial charge on any atom is 0.407 e. The summed E-state index contributed by atoms with van der Waals surface area (Å²) in [6.07, 6.45) is 1.01. The molecule has 1 heterocycles. The van der Waals surface area contributed by atoms with Gasteiger partial charge in [-0.15, -0.1) is 11.8 Å². The van der Waals surface area contributed by atoms with Gasteiger partial charge in [0, 0.05) is 23.8 Å². The Kier molecular flexibility index (Phi) is 6.50. The van der Waals surface area contributed by atoms with Crippen LogP contribution in [0.1, 0.15) is 24.0 Å². The molecule has 0 saturated carbocycles. The van der Waals surface area contributed by atoms with Crippen LogP contribution in [0.2, 0.25) is 0 Å². The molecule has 0 bridgehead atoms. The number of alkyl carbamates (subject to hydrolysis) is 1. The van der Waals surface area contributed by atoms with Crippen molar-refractivity contribution >= 4 is 29.7 Å². The minimum absolute atomic E-state index is 0.0207. The Hall–Kier alpha value is -3.26. The van der Waals surface area contributed by atoms with E-state index in [0.717, 1.165) is 22.3 Å². The first-order chi connectivity index (χ1) is 15.5. The van der Waals surface area contributed by atoms with Crippen molar-refractivity contribution in [2.75, 3.05) is 24.8 Å². The number of nitrogens with one attached hydrogen (secondary N) is 1. The molecule has 32 heavy (non-hydrogen) atoms. The second-order valence-electron chi connectivity index (χ2n) is 7.72. The van der Waals surface area contributed by atoms with Gasteiger partial charge >= 0.3 is 12.1 Å². The lowest BCUT2D eigenvalue weighted by Gasteiger charge is -2.20. The zero-order valence-corrected chi connectivity index (χ0v) is 18.4. The van der Waals surface area contributed by atoms with Gasteiger partial charge in [-0.1, -0.05) is 54.6 Å². The van der Waals surface area contributed by atoms with E-state index in [1.807, 2.05) is 24.3 Å². The van der Waals surface area contributed by atoms with Crippen molar-refractivity contribution in [3.05, 3.63) is 71.3 Å². The van der Waals surface area contributed by atoms with Crippen LogP contribution in [0.25, 0.3) is 11.1 Å². The monoisotopic (exact) mass is 452 g/mol. The van der Waals surface area contributed by atoms with Crippen LogP contribution in [0.5, 0.6) is 0 Å². The van der Waals surface area contributed by atoms with Gasteiger partial charge in [-0.3, -0.25) is 4.79 Å². The Morgan fingerprint density at radius 1 is 1.12 bits per heavy atom. The summed E-state index contributed by atoms with van der Waals surface area (Å²) in [5.41, 5.74) is 4.99. The predicted octanol–water partition coefficient (Wildman–Crippen LogP) is 3.46. The van der Waals surface area contributed by atoms with Crippen LogP contribution < -0.4 is 5.32 Å². The minimum atomic E-state index is -1.01. The second kappa shape index (κ2) is 9.48. The minimum Gasteiger partial charge on any atom is -0.480 e. The summed E-state index contributed by atoms with van der Waals surface area (Å²) >= 11 is 1.41. The molecule has 2 aromatic rings. The Morgan fingerprint density at radius 3 is 2.38 bits per heavy atom. The summed E-state index contributed by atoms with van der Waals surface area (Å²) in [5, 5.41) is 11.9. The molecule has 1 saturated heterocycles. The number of thioether (sulfide) groups is 1. The molecular formula is C24H24N2O5S. The fourth-order valence-electron chi connectivity index (χ4n) is 4.10. The van der Waals surface area contributed by atoms with E-state index >= 15 is 0 Å². The number of benzene rings is 2. The van der Waals surface area contributed by atoms with E-state index < -0.39 is 18.1 Å². The largest absolute Gasteiger partial charge is 0.480 e. The Morgan fingerprint density at radius 2 is 1.75 bits per heavy atom. The van der Waals surface area contributed by atoms with Crippen molar-refractivity contribution < 1.29 is 24.2 Å². The maximum atomic E-state index is 12.5. The number of carbonyl (C=O) groups is 3. The zero-order chi connectivity index (χ0) is 22.7. The van der Waals surface area contributed by atoms with E-state index in [-0.39, 0.29) is 25.0 Å². The molecule has 0 unspecified atom stereocenters. The molecule has 2 aromatic carbocycles. The molecular weight excluding hydrogens is 428 g/mol. The van der Waals surface area contributed by atoms with E-state index in [2.05, 4.69) is 29.6 Å². The zero-order valence-electron chi connectivity index (χ0n) is 17.6. The van der Waals surface area contributed by atoms with Crippen LogP contribution in [0.4, 0.5) is 4.79 Å². The number of nitrogens with zero attached hydrogens (tertiary/aromatic N) is 1. The molecule has 2 N–H and O–H groups in total. The molecule has 1 fully saturated rings. The van der Waals surface area contributed by atoms with Gasteiger partial charge in [0.2, 0.25) is 0 Å². The highest BCUT2D eigenvalue weighted by Crippen LogP contribution is 2.44. The van der Waals surface area contributed by atoms with Crippen LogP contribution in [-0.4, -0.2) is 58.8 Å². The first-order valence-corrected chi connectivity index (χ1v) is 11.5. The highest BCUT2D eigenvalue weighted by Gasteiger charge is 2.35. The number of ether oxygens (including phenoxy) is 1. The van der Waals surface area contributed by atoms with Crippen LogP contribution in [0.3, 0.4) is 0 Å². The number of fused-ring (bicyclic) bond motifs is 3. The van der Waals surface area contributed by atoms with Gasteiger partial charge in [-0.2, -0.15) is 0 Å². The topological polar surface area (TPSA) is 95.9 Å². The average molecular weight is 453 g/mol. The third-order valence-electron chi connectivity index (χ3n) is 5.76. The summed E-state index contributed by atoms with van der Waals surface area (Å²) in [7, 11) is 0. The first-order valence-electron chi connectivity index (χ1n) is 10.3. The Labute approximate surface area is 190 Å². The predicted molar refractivity (Wildman–Crippen MR) is 122 cm³/mol. The van der Waals surface area contributed by atoms with Crippen LogP contribution in [0, 0.1) is 0 Å². The third kappa shape index (κ3) is 4.36. The van der Waals surface area contributed by atoms with Gasteiger partial charge in [0.25, 0.3) is 5.91 Å². The number of hydrogen-bond donors (Lipinski definition) is 2. The summed E-state index contributed by atoms with van der Waals surface area (Å²) in [5.74, 6) is -0.634. The van der Waals surface area contributed by atoms with Crippen molar-refractivity contribution in [1.82, 2.24) is 10.2 Å². The normalized spacial score (nSPS) is 17.6. The van der Waals surface area contributed by atoms with Gasteiger partial charge in [0.05, 0.1) is 5.88 Å². The SMILES string of the molecule is C/C(=C\CNC(=O)OCC1c2ccccc2-c2ccccc21)C(=O)N1CSC[C@H]1C(=O)O. The lowest BCUT2D eigenvalue weighted by molar-refractivity contribution is -0.146. The molecule has 0 radical (unpaired) electrons. The average Bonchev–Trinajstić information content (AvgIpc) is 3.41. The van der Waals surface area contributed by atoms with E-state index in [4.69, 9.17) is 4.74 Å². The first kappa shape index (κ1) is 22.0. The molecule has 2 aliphatic rings. The molecule has 1 atom stereocenters. The number of carbonyl (C=O) groups excluding carboxylic acids is 2. The number of carboxylic acid groups (broad SMARTS) is 1. The van der Waals surface area contributed by atoms with Crippen molar-refractivity contribution in [3.63, 3.8) is 0 Å². The third-order valence-corrected chi connectivity index (χ3v) is 6.78. The molecule has 4 rings (SSSR count). The molecule has 0 aromatic heterocycles.